The molecule has 0 spiro atoms. The first-order chi connectivity index (χ1) is 9.97. The number of esters is 1. The summed E-state index contributed by atoms with van der Waals surface area (Å²) < 4.78 is 9.45. The Morgan fingerprint density at radius 2 is 1.90 bits per heavy atom. The first-order valence-corrected chi connectivity index (χ1v) is 6.40. The second-order valence-electron chi connectivity index (χ2n) is 4.45. The van der Waals surface area contributed by atoms with Crippen LogP contribution in [0.15, 0.2) is 24.3 Å². The molecule has 0 radical (unpaired) electrons. The van der Waals surface area contributed by atoms with Crippen molar-refractivity contribution in [2.75, 3.05) is 14.2 Å². The fourth-order valence-corrected chi connectivity index (χ4v) is 1.65. The number of aliphatic hydroxyl groups excluding tert-OH is 1. The lowest BCUT2D eigenvalue weighted by molar-refractivity contribution is -0.143. The highest BCUT2D eigenvalue weighted by atomic mass is 16.5. The molecule has 7 nitrogen and oxygen atoms in total. The van der Waals surface area contributed by atoms with Crippen molar-refractivity contribution in [1.29, 1.82) is 0 Å². The van der Waals surface area contributed by atoms with Gasteiger partial charge in [0.25, 0.3) is 0 Å². The van der Waals surface area contributed by atoms with Crippen LogP contribution in [0.4, 0.5) is 0 Å². The third-order valence-electron chi connectivity index (χ3n) is 2.91. The number of benzene rings is 1. The highest BCUT2D eigenvalue weighted by Gasteiger charge is 2.23. The lowest BCUT2D eigenvalue weighted by Crippen LogP contribution is -2.41. The van der Waals surface area contributed by atoms with Crippen molar-refractivity contribution in [1.82, 2.24) is 5.32 Å². The summed E-state index contributed by atoms with van der Waals surface area (Å²) in [5.41, 5.74) is 6.33. The van der Waals surface area contributed by atoms with Crippen molar-refractivity contribution in [2.24, 2.45) is 5.73 Å². The van der Waals surface area contributed by atoms with Gasteiger partial charge in [0.2, 0.25) is 5.91 Å². The number of carbonyl (C=O) groups is 2. The molecular formula is C14H20N2O5. The van der Waals surface area contributed by atoms with E-state index in [0.29, 0.717) is 5.75 Å². The molecule has 0 aliphatic heterocycles. The van der Waals surface area contributed by atoms with Gasteiger partial charge in [0.15, 0.2) is 0 Å². The minimum absolute atomic E-state index is 0.193. The van der Waals surface area contributed by atoms with Crippen LogP contribution in [0.1, 0.15) is 12.0 Å². The zero-order valence-corrected chi connectivity index (χ0v) is 12.0. The van der Waals surface area contributed by atoms with Gasteiger partial charge in [0, 0.05) is 13.0 Å². The normalized spacial score (nSPS) is 13.1. The average Bonchev–Trinajstić information content (AvgIpc) is 2.51. The van der Waals surface area contributed by atoms with Crippen molar-refractivity contribution in [2.45, 2.75) is 25.1 Å². The van der Waals surface area contributed by atoms with Crippen LogP contribution in [0.3, 0.4) is 0 Å². The third-order valence-corrected chi connectivity index (χ3v) is 2.91. The van der Waals surface area contributed by atoms with Crippen molar-refractivity contribution >= 4 is 11.9 Å². The van der Waals surface area contributed by atoms with Gasteiger partial charge in [-0.25, -0.2) is 0 Å². The van der Waals surface area contributed by atoms with Crippen LogP contribution in [0.25, 0.3) is 0 Å². The van der Waals surface area contributed by atoms with E-state index in [9.17, 15) is 14.7 Å². The number of aliphatic hydroxyl groups is 1. The highest BCUT2D eigenvalue weighted by Crippen LogP contribution is 2.11. The molecule has 0 bridgehead atoms. The third kappa shape index (κ3) is 5.41. The summed E-state index contributed by atoms with van der Waals surface area (Å²) in [6.07, 6.45) is -1.56. The lowest BCUT2D eigenvalue weighted by Gasteiger charge is -2.14. The molecule has 0 aliphatic carbocycles. The summed E-state index contributed by atoms with van der Waals surface area (Å²) in [5, 5.41) is 12.2. The van der Waals surface area contributed by atoms with Crippen molar-refractivity contribution < 1.29 is 24.2 Å². The fourth-order valence-electron chi connectivity index (χ4n) is 1.65. The van der Waals surface area contributed by atoms with Crippen molar-refractivity contribution in [3.63, 3.8) is 0 Å². The average molecular weight is 296 g/mol. The van der Waals surface area contributed by atoms with Crippen molar-refractivity contribution in [3.05, 3.63) is 29.8 Å². The smallest absolute Gasteiger partial charge is 0.322 e. The zero-order valence-electron chi connectivity index (χ0n) is 12.0. The molecule has 1 aromatic carbocycles. The molecule has 21 heavy (non-hydrogen) atoms. The summed E-state index contributed by atoms with van der Waals surface area (Å²) in [7, 11) is 2.76. The number of rotatable bonds is 7. The van der Waals surface area contributed by atoms with Crippen LogP contribution in [0, 0.1) is 0 Å². The molecule has 4 N–H and O–H groups in total. The SMILES string of the molecule is COC(=O)[C@@H](N)C[C@H](O)C(=O)NCc1ccc(OC)cc1. The first kappa shape index (κ1) is 16.9. The van der Waals surface area contributed by atoms with Gasteiger partial charge < -0.3 is 25.6 Å². The molecule has 0 saturated carbocycles. The van der Waals surface area contributed by atoms with E-state index < -0.39 is 24.0 Å². The molecular weight excluding hydrogens is 276 g/mol. The summed E-state index contributed by atoms with van der Waals surface area (Å²) in [6, 6.07) is 6.10. The molecule has 0 saturated heterocycles. The van der Waals surface area contributed by atoms with Crippen LogP contribution in [0.2, 0.25) is 0 Å². The maximum absolute atomic E-state index is 11.7. The van der Waals surface area contributed by atoms with E-state index in [0.717, 1.165) is 5.56 Å². The molecule has 7 heteroatoms. The quantitative estimate of drug-likeness (QED) is 0.588. The van der Waals surface area contributed by atoms with E-state index in [2.05, 4.69) is 10.1 Å². The summed E-state index contributed by atoms with van der Waals surface area (Å²) >= 11 is 0. The molecule has 1 amide bonds. The molecule has 0 heterocycles. The molecule has 0 fully saturated rings. The van der Waals surface area contributed by atoms with E-state index in [-0.39, 0.29) is 13.0 Å². The van der Waals surface area contributed by atoms with Gasteiger partial charge in [-0.05, 0) is 17.7 Å². The summed E-state index contributed by atoms with van der Waals surface area (Å²) in [6.45, 7) is 0.257. The Balaban J connectivity index is 2.43. The van der Waals surface area contributed by atoms with Crippen LogP contribution < -0.4 is 15.8 Å². The van der Waals surface area contributed by atoms with Crippen LogP contribution in [0.5, 0.6) is 5.75 Å². The predicted molar refractivity (Wildman–Crippen MR) is 75.5 cm³/mol. The van der Waals surface area contributed by atoms with Gasteiger partial charge in [0.1, 0.15) is 17.9 Å². The van der Waals surface area contributed by atoms with Crippen LogP contribution in [-0.4, -0.2) is 43.3 Å². The van der Waals surface area contributed by atoms with Gasteiger partial charge >= 0.3 is 5.97 Å². The Hall–Kier alpha value is -2.12. The Bertz CT molecular complexity index is 475. The number of hydrogen-bond donors (Lipinski definition) is 3. The number of amides is 1. The Kier molecular flexibility index (Phi) is 6.64. The van der Waals surface area contributed by atoms with Gasteiger partial charge in [-0.15, -0.1) is 0 Å². The molecule has 1 aromatic rings. The predicted octanol–water partition coefficient (Wildman–Crippen LogP) is -0.437. The molecule has 116 valence electrons. The van der Waals surface area contributed by atoms with Gasteiger partial charge in [-0.3, -0.25) is 9.59 Å². The van der Waals surface area contributed by atoms with Gasteiger partial charge in [-0.1, -0.05) is 12.1 Å². The number of ether oxygens (including phenoxy) is 2. The largest absolute Gasteiger partial charge is 0.497 e. The maximum Gasteiger partial charge on any atom is 0.322 e. The maximum atomic E-state index is 11.7. The van der Waals surface area contributed by atoms with Gasteiger partial charge in [0.05, 0.1) is 14.2 Å². The number of hydrogen-bond acceptors (Lipinski definition) is 6. The number of carbonyl (C=O) groups excluding carboxylic acids is 2. The molecule has 0 aliphatic rings. The highest BCUT2D eigenvalue weighted by molar-refractivity contribution is 5.82. The Morgan fingerprint density at radius 1 is 1.29 bits per heavy atom. The van der Waals surface area contributed by atoms with Crippen LogP contribution >= 0.6 is 0 Å². The van der Waals surface area contributed by atoms with E-state index in [1.807, 2.05) is 0 Å². The number of methoxy groups -OCH3 is 2. The zero-order chi connectivity index (χ0) is 15.8. The lowest BCUT2D eigenvalue weighted by atomic mass is 10.1. The van der Waals surface area contributed by atoms with E-state index in [4.69, 9.17) is 10.5 Å². The van der Waals surface area contributed by atoms with E-state index in [1.165, 1.54) is 7.11 Å². The van der Waals surface area contributed by atoms with Crippen molar-refractivity contribution in [3.8, 4) is 5.75 Å². The van der Waals surface area contributed by atoms with E-state index in [1.54, 1.807) is 31.4 Å². The monoisotopic (exact) mass is 296 g/mol. The summed E-state index contributed by atoms with van der Waals surface area (Å²) in [5.74, 6) is -0.545. The number of nitrogens with one attached hydrogen (secondary N) is 1. The van der Waals surface area contributed by atoms with Crippen LogP contribution in [-0.2, 0) is 20.9 Å². The molecule has 0 aromatic heterocycles. The minimum atomic E-state index is -1.36. The topological polar surface area (TPSA) is 111 Å². The van der Waals surface area contributed by atoms with Gasteiger partial charge in [-0.2, -0.15) is 0 Å². The van der Waals surface area contributed by atoms with E-state index >= 15 is 0 Å². The summed E-state index contributed by atoms with van der Waals surface area (Å²) in [4.78, 5) is 22.8. The standard InChI is InChI=1S/C14H20N2O5/c1-20-10-5-3-9(4-6-10)8-16-13(18)12(17)7-11(15)14(19)21-2/h3-6,11-12,17H,7-8,15H2,1-2H3,(H,16,18)/t11-,12-/m0/s1. The molecule has 0 unspecified atom stereocenters. The Morgan fingerprint density at radius 3 is 2.43 bits per heavy atom. The first-order valence-electron chi connectivity index (χ1n) is 6.40. The Labute approximate surface area is 123 Å². The number of nitrogens with two attached hydrogens (primary N) is 1. The minimum Gasteiger partial charge on any atom is -0.497 e. The molecule has 2 atom stereocenters. The molecule has 1 rings (SSSR count). The second-order valence-corrected chi connectivity index (χ2v) is 4.45. The second kappa shape index (κ2) is 8.23. The fraction of sp³-hybridized carbons (Fsp3) is 0.429.